The first kappa shape index (κ1) is 14.5. The van der Waals surface area contributed by atoms with Crippen LogP contribution in [0.4, 0.5) is 0 Å². The van der Waals surface area contributed by atoms with E-state index in [-0.39, 0.29) is 11.9 Å². The number of rotatable bonds is 2. The maximum absolute atomic E-state index is 12.9. The Balaban J connectivity index is 1.68. The summed E-state index contributed by atoms with van der Waals surface area (Å²) in [6, 6.07) is 10.1. The van der Waals surface area contributed by atoms with Crippen LogP contribution in [-0.4, -0.2) is 22.3 Å². The van der Waals surface area contributed by atoms with Gasteiger partial charge in [-0.05, 0) is 44.9 Å². The highest BCUT2D eigenvalue weighted by Crippen LogP contribution is 2.37. The molecule has 4 rings (SSSR count). The normalized spacial score (nSPS) is 18.0. The van der Waals surface area contributed by atoms with Crippen molar-refractivity contribution in [2.24, 2.45) is 0 Å². The highest BCUT2D eigenvalue weighted by Gasteiger charge is 2.34. The number of fused-ring (bicyclic) bond motifs is 1. The van der Waals surface area contributed by atoms with Crippen molar-refractivity contribution < 1.29 is 9.21 Å². The molecule has 3 aromatic rings. The lowest BCUT2D eigenvalue weighted by atomic mass is 10.2. The molecule has 4 nitrogen and oxygen atoms in total. The second-order valence-electron chi connectivity index (χ2n) is 6.00. The first-order valence-electron chi connectivity index (χ1n) is 7.87. The molecule has 0 spiro atoms. The summed E-state index contributed by atoms with van der Waals surface area (Å²) in [4.78, 5) is 19.6. The molecule has 1 aliphatic heterocycles. The van der Waals surface area contributed by atoms with Crippen molar-refractivity contribution >= 4 is 27.5 Å². The van der Waals surface area contributed by atoms with Gasteiger partial charge in [0.2, 0.25) is 0 Å². The van der Waals surface area contributed by atoms with E-state index in [4.69, 9.17) is 9.40 Å². The number of benzene rings is 1. The Morgan fingerprint density at radius 2 is 2.17 bits per heavy atom. The molecule has 2 aromatic heterocycles. The average Bonchev–Trinajstić information content (AvgIpc) is 3.23. The van der Waals surface area contributed by atoms with E-state index < -0.39 is 0 Å². The van der Waals surface area contributed by atoms with Crippen LogP contribution in [0.2, 0.25) is 0 Å². The molecule has 0 bridgehead atoms. The topological polar surface area (TPSA) is 46.3 Å². The average molecular weight is 326 g/mol. The van der Waals surface area contributed by atoms with Crippen LogP contribution in [0, 0.1) is 13.8 Å². The Morgan fingerprint density at radius 1 is 1.35 bits per heavy atom. The van der Waals surface area contributed by atoms with Crippen LogP contribution < -0.4 is 0 Å². The van der Waals surface area contributed by atoms with Crippen molar-refractivity contribution in [2.45, 2.75) is 32.7 Å². The van der Waals surface area contributed by atoms with Gasteiger partial charge in [0.05, 0.1) is 21.8 Å². The molecule has 1 atom stereocenters. The van der Waals surface area contributed by atoms with Gasteiger partial charge in [-0.2, -0.15) is 0 Å². The van der Waals surface area contributed by atoms with Crippen LogP contribution >= 0.6 is 11.3 Å². The second kappa shape index (κ2) is 5.49. The highest BCUT2D eigenvalue weighted by atomic mass is 32.1. The summed E-state index contributed by atoms with van der Waals surface area (Å²) in [7, 11) is 0. The molecular formula is C18H18N2O2S. The van der Waals surface area contributed by atoms with E-state index in [0.717, 1.165) is 35.7 Å². The zero-order valence-electron chi connectivity index (χ0n) is 13.2. The number of para-hydroxylation sites is 1. The van der Waals surface area contributed by atoms with E-state index in [1.54, 1.807) is 11.3 Å². The minimum atomic E-state index is 0.0566. The van der Waals surface area contributed by atoms with Gasteiger partial charge in [-0.25, -0.2) is 4.98 Å². The third-order valence-electron chi connectivity index (χ3n) is 4.38. The first-order chi connectivity index (χ1) is 11.1. The van der Waals surface area contributed by atoms with Gasteiger partial charge in [0.15, 0.2) is 0 Å². The number of thiazole rings is 1. The fourth-order valence-corrected chi connectivity index (χ4v) is 4.41. The molecule has 1 aliphatic rings. The van der Waals surface area contributed by atoms with Crippen molar-refractivity contribution in [3.63, 3.8) is 0 Å². The third kappa shape index (κ3) is 2.45. The second-order valence-corrected chi connectivity index (χ2v) is 7.07. The van der Waals surface area contributed by atoms with Crippen LogP contribution in [0.1, 0.15) is 45.8 Å². The van der Waals surface area contributed by atoms with Gasteiger partial charge in [-0.1, -0.05) is 12.1 Å². The number of nitrogens with zero attached hydrogens (tertiary/aromatic N) is 2. The fourth-order valence-electron chi connectivity index (χ4n) is 3.30. The van der Waals surface area contributed by atoms with E-state index in [0.29, 0.717) is 11.3 Å². The predicted octanol–water partition coefficient (Wildman–Crippen LogP) is 4.48. The predicted molar refractivity (Wildman–Crippen MR) is 90.8 cm³/mol. The summed E-state index contributed by atoms with van der Waals surface area (Å²) in [5.74, 6) is 1.53. The smallest absolute Gasteiger partial charge is 0.257 e. The molecule has 0 radical (unpaired) electrons. The lowest BCUT2D eigenvalue weighted by Gasteiger charge is -2.22. The molecule has 1 saturated heterocycles. The Labute approximate surface area is 138 Å². The molecule has 1 aromatic carbocycles. The molecule has 1 fully saturated rings. The maximum Gasteiger partial charge on any atom is 0.257 e. The first-order valence-corrected chi connectivity index (χ1v) is 8.68. The molecule has 0 unspecified atom stereocenters. The van der Waals surface area contributed by atoms with Crippen LogP contribution in [-0.2, 0) is 0 Å². The van der Waals surface area contributed by atoms with E-state index in [1.807, 2.05) is 43.0 Å². The lowest BCUT2D eigenvalue weighted by molar-refractivity contribution is 0.0734. The number of aromatic nitrogens is 1. The molecule has 3 heterocycles. The molecule has 1 amide bonds. The minimum absolute atomic E-state index is 0.0566. The standard InChI is InChI=1S/C18H18N2O2S/c1-11-10-13(12(2)22-11)18(21)20-9-5-7-15(20)17-19-14-6-3-4-8-16(14)23-17/h3-4,6,8,10,15H,5,7,9H2,1-2H3/t15-/m1/s1. The molecule has 0 aliphatic carbocycles. The molecule has 5 heteroatoms. The monoisotopic (exact) mass is 326 g/mol. The minimum Gasteiger partial charge on any atom is -0.466 e. The number of carbonyl (C=O) groups is 1. The van der Waals surface area contributed by atoms with E-state index >= 15 is 0 Å². The molecule has 23 heavy (non-hydrogen) atoms. The highest BCUT2D eigenvalue weighted by molar-refractivity contribution is 7.18. The number of carbonyl (C=O) groups excluding carboxylic acids is 1. The largest absolute Gasteiger partial charge is 0.466 e. The van der Waals surface area contributed by atoms with Crippen molar-refractivity contribution in [3.05, 3.63) is 52.4 Å². The quantitative estimate of drug-likeness (QED) is 0.697. The number of hydrogen-bond donors (Lipinski definition) is 0. The lowest BCUT2D eigenvalue weighted by Crippen LogP contribution is -2.30. The summed E-state index contributed by atoms with van der Waals surface area (Å²) in [6.45, 7) is 4.50. The molecule has 118 valence electrons. The van der Waals surface area contributed by atoms with Gasteiger partial charge in [0.25, 0.3) is 5.91 Å². The zero-order valence-corrected chi connectivity index (χ0v) is 14.0. The van der Waals surface area contributed by atoms with Crippen molar-refractivity contribution in [1.29, 1.82) is 0 Å². The Kier molecular flexibility index (Phi) is 3.45. The van der Waals surface area contributed by atoms with Crippen molar-refractivity contribution in [2.75, 3.05) is 6.54 Å². The number of furan rings is 1. The Morgan fingerprint density at radius 3 is 2.91 bits per heavy atom. The van der Waals surface area contributed by atoms with Crippen LogP contribution in [0.15, 0.2) is 34.7 Å². The van der Waals surface area contributed by atoms with Gasteiger partial charge in [0.1, 0.15) is 16.5 Å². The van der Waals surface area contributed by atoms with Gasteiger partial charge in [-0.3, -0.25) is 4.79 Å². The molecule has 0 saturated carbocycles. The van der Waals surface area contributed by atoms with E-state index in [9.17, 15) is 4.79 Å². The maximum atomic E-state index is 12.9. The summed E-state index contributed by atoms with van der Waals surface area (Å²) in [5.41, 5.74) is 1.69. The third-order valence-corrected chi connectivity index (χ3v) is 5.52. The molecule has 0 N–H and O–H groups in total. The van der Waals surface area contributed by atoms with Crippen molar-refractivity contribution in [3.8, 4) is 0 Å². The summed E-state index contributed by atoms with van der Waals surface area (Å²) < 4.78 is 6.70. The number of aryl methyl sites for hydroxylation is 2. The Bertz CT molecular complexity index is 847. The van der Waals surface area contributed by atoms with Crippen LogP contribution in [0.3, 0.4) is 0 Å². The van der Waals surface area contributed by atoms with E-state index in [1.165, 1.54) is 4.70 Å². The number of amides is 1. The number of hydrogen-bond acceptors (Lipinski definition) is 4. The molecular weight excluding hydrogens is 308 g/mol. The van der Waals surface area contributed by atoms with Gasteiger partial charge in [-0.15, -0.1) is 11.3 Å². The Hall–Kier alpha value is -2.14. The summed E-state index contributed by atoms with van der Waals surface area (Å²) >= 11 is 1.69. The van der Waals surface area contributed by atoms with Crippen LogP contribution in [0.5, 0.6) is 0 Å². The number of likely N-dealkylation sites (tertiary alicyclic amines) is 1. The van der Waals surface area contributed by atoms with Crippen LogP contribution in [0.25, 0.3) is 10.2 Å². The summed E-state index contributed by atoms with van der Waals surface area (Å²) in [5, 5.41) is 1.04. The zero-order chi connectivity index (χ0) is 16.0. The SMILES string of the molecule is Cc1cc(C(=O)N2CCC[C@@H]2c2nc3ccccc3s2)c(C)o1. The van der Waals surface area contributed by atoms with Gasteiger partial charge < -0.3 is 9.32 Å². The fraction of sp³-hybridized carbons (Fsp3) is 0.333. The summed E-state index contributed by atoms with van der Waals surface area (Å²) in [6.07, 6.45) is 1.99. The van der Waals surface area contributed by atoms with E-state index in [2.05, 4.69) is 6.07 Å². The van der Waals surface area contributed by atoms with Crippen molar-refractivity contribution in [1.82, 2.24) is 9.88 Å². The van der Waals surface area contributed by atoms with Gasteiger partial charge in [0, 0.05) is 6.54 Å². The van der Waals surface area contributed by atoms with Gasteiger partial charge >= 0.3 is 0 Å².